The Labute approximate surface area is 165 Å². The van der Waals surface area contributed by atoms with Gasteiger partial charge < -0.3 is 11.1 Å². The molecule has 0 fully saturated rings. The first-order valence-electron chi connectivity index (χ1n) is 8.74. The van der Waals surface area contributed by atoms with E-state index in [2.05, 4.69) is 39.3 Å². The molecule has 0 unspecified atom stereocenters. The molecule has 3 aromatic heterocycles. The molecule has 0 saturated heterocycles. The minimum Gasteiger partial charge on any atom is -0.365 e. The number of rotatable bonds is 4. The molecule has 0 amide bonds. The average molecular weight is 404 g/mol. The van der Waals surface area contributed by atoms with Crippen LogP contribution in [0.1, 0.15) is 34.8 Å². The van der Waals surface area contributed by atoms with Crippen molar-refractivity contribution in [1.82, 2.24) is 15.0 Å². The Kier molecular flexibility index (Phi) is 5.08. The number of allylic oxidation sites excluding steroid dienone is 1. The van der Waals surface area contributed by atoms with Crippen molar-refractivity contribution in [3.05, 3.63) is 57.7 Å². The summed E-state index contributed by atoms with van der Waals surface area (Å²) in [7, 11) is 0. The Morgan fingerprint density at radius 2 is 2.15 bits per heavy atom. The molecule has 0 aromatic carbocycles. The van der Waals surface area contributed by atoms with E-state index in [-0.39, 0.29) is 29.6 Å². The summed E-state index contributed by atoms with van der Waals surface area (Å²) in [5.41, 5.74) is 8.78. The van der Waals surface area contributed by atoms with E-state index in [9.17, 15) is 4.39 Å². The third kappa shape index (κ3) is 3.54. The number of fused-ring (bicyclic) bond motifs is 1. The molecular weight excluding hydrogens is 385 g/mol. The summed E-state index contributed by atoms with van der Waals surface area (Å²) >= 11 is 7.80. The van der Waals surface area contributed by atoms with E-state index < -0.39 is 0 Å². The van der Waals surface area contributed by atoms with Crippen LogP contribution in [0.25, 0.3) is 10.2 Å². The number of hydrogen-bond donors (Lipinski definition) is 2. The summed E-state index contributed by atoms with van der Waals surface area (Å²) in [6, 6.07) is 1.73. The first-order chi connectivity index (χ1) is 13.0. The molecular formula is C19H19ClFN5S. The predicted molar refractivity (Wildman–Crippen MR) is 108 cm³/mol. The molecule has 1 aliphatic carbocycles. The minimum absolute atomic E-state index is 0.0903. The molecule has 3 aromatic rings. The highest BCUT2D eigenvalue weighted by atomic mass is 35.5. The van der Waals surface area contributed by atoms with Gasteiger partial charge in [-0.3, -0.25) is 4.98 Å². The summed E-state index contributed by atoms with van der Waals surface area (Å²) in [5, 5.41) is 3.37. The van der Waals surface area contributed by atoms with Crippen LogP contribution in [0.15, 0.2) is 30.6 Å². The first-order valence-corrected chi connectivity index (χ1v) is 9.93. The van der Waals surface area contributed by atoms with Crippen LogP contribution >= 0.6 is 22.9 Å². The third-order valence-corrected chi connectivity index (χ3v) is 6.49. The van der Waals surface area contributed by atoms with E-state index >= 15 is 0 Å². The van der Waals surface area contributed by atoms with Crippen molar-refractivity contribution in [3.8, 4) is 0 Å². The molecule has 0 spiro atoms. The molecule has 2 atom stereocenters. The zero-order valence-electron chi connectivity index (χ0n) is 14.7. The number of aryl methyl sites for hydroxylation is 1. The van der Waals surface area contributed by atoms with Crippen LogP contribution in [-0.2, 0) is 6.54 Å². The molecule has 4 rings (SSSR count). The van der Waals surface area contributed by atoms with Crippen LogP contribution in [-0.4, -0.2) is 21.0 Å². The molecule has 1 aliphatic rings. The Morgan fingerprint density at radius 3 is 2.93 bits per heavy atom. The highest BCUT2D eigenvalue weighted by molar-refractivity contribution is 7.20. The van der Waals surface area contributed by atoms with Gasteiger partial charge in [-0.25, -0.2) is 9.37 Å². The van der Waals surface area contributed by atoms with Crippen LogP contribution in [0, 0.1) is 12.7 Å². The molecule has 140 valence electrons. The smallest absolute Gasteiger partial charge is 0.224 e. The number of nitrogens with zero attached hydrogens (tertiary/aromatic N) is 3. The summed E-state index contributed by atoms with van der Waals surface area (Å²) in [6.45, 7) is 2.34. The van der Waals surface area contributed by atoms with E-state index in [1.54, 1.807) is 23.6 Å². The fraction of sp³-hybridized carbons (Fsp3) is 0.316. The fourth-order valence-corrected chi connectivity index (χ4v) is 4.98. The van der Waals surface area contributed by atoms with Gasteiger partial charge in [0.15, 0.2) is 0 Å². The highest BCUT2D eigenvalue weighted by Gasteiger charge is 2.26. The number of thiophene rings is 1. The van der Waals surface area contributed by atoms with Crippen LogP contribution < -0.4 is 11.1 Å². The Hall–Kier alpha value is -2.09. The van der Waals surface area contributed by atoms with Gasteiger partial charge in [0, 0.05) is 35.1 Å². The Bertz CT molecular complexity index is 1020. The largest absolute Gasteiger partial charge is 0.365 e. The maximum absolute atomic E-state index is 13.9. The molecule has 0 saturated carbocycles. The lowest BCUT2D eigenvalue weighted by atomic mass is 9.87. The predicted octanol–water partition coefficient (Wildman–Crippen LogP) is 4.56. The number of halogens is 2. The van der Waals surface area contributed by atoms with Gasteiger partial charge in [-0.05, 0) is 43.0 Å². The topological polar surface area (TPSA) is 76.7 Å². The lowest BCUT2D eigenvalue weighted by Crippen LogP contribution is -2.29. The molecule has 3 heterocycles. The third-order valence-electron chi connectivity index (χ3n) is 4.90. The van der Waals surface area contributed by atoms with Crippen molar-refractivity contribution in [1.29, 1.82) is 0 Å². The van der Waals surface area contributed by atoms with E-state index in [4.69, 9.17) is 17.3 Å². The number of anilines is 1. The summed E-state index contributed by atoms with van der Waals surface area (Å²) < 4.78 is 14.8. The van der Waals surface area contributed by atoms with Gasteiger partial charge in [-0.1, -0.05) is 12.2 Å². The maximum Gasteiger partial charge on any atom is 0.224 e. The minimum atomic E-state index is -0.357. The van der Waals surface area contributed by atoms with Gasteiger partial charge in [0.25, 0.3) is 0 Å². The summed E-state index contributed by atoms with van der Waals surface area (Å²) in [4.78, 5) is 13.8. The molecule has 0 aliphatic heterocycles. The van der Waals surface area contributed by atoms with Crippen molar-refractivity contribution in [3.63, 3.8) is 0 Å². The molecule has 27 heavy (non-hydrogen) atoms. The second kappa shape index (κ2) is 7.50. The Morgan fingerprint density at radius 1 is 1.33 bits per heavy atom. The van der Waals surface area contributed by atoms with Gasteiger partial charge in [-0.2, -0.15) is 4.98 Å². The second-order valence-electron chi connectivity index (χ2n) is 6.64. The van der Waals surface area contributed by atoms with Gasteiger partial charge in [0.1, 0.15) is 11.6 Å². The lowest BCUT2D eigenvalue weighted by Gasteiger charge is -2.24. The van der Waals surface area contributed by atoms with Crippen LogP contribution in [0.5, 0.6) is 0 Å². The van der Waals surface area contributed by atoms with Gasteiger partial charge in [-0.15, -0.1) is 11.3 Å². The van der Waals surface area contributed by atoms with Crippen LogP contribution in [0.2, 0.25) is 5.28 Å². The molecule has 0 bridgehead atoms. The molecule has 5 nitrogen and oxygen atoms in total. The zero-order valence-corrected chi connectivity index (χ0v) is 16.3. The summed E-state index contributed by atoms with van der Waals surface area (Å²) in [5.74, 6) is 0.517. The van der Waals surface area contributed by atoms with Crippen LogP contribution in [0.4, 0.5) is 10.2 Å². The lowest BCUT2D eigenvalue weighted by molar-refractivity contribution is 0.526. The van der Waals surface area contributed by atoms with E-state index in [0.717, 1.165) is 28.6 Å². The average Bonchev–Trinajstić information content (AvgIpc) is 2.98. The normalized spacial score (nSPS) is 19.6. The van der Waals surface area contributed by atoms with Crippen molar-refractivity contribution in [2.75, 3.05) is 5.32 Å². The van der Waals surface area contributed by atoms with E-state index in [1.807, 2.05) is 0 Å². The fourth-order valence-electron chi connectivity index (χ4n) is 3.41. The first kappa shape index (κ1) is 18.3. The standard InChI is InChI=1S/C19H19ClFN5S/c1-10-15-17(27-16(10)12-4-2-3-5-14(12)22)18(26-19(20)25-15)24-8-11-6-7-23-9-13(11)21/h2-3,6-7,9,12,14H,4-5,8,22H2,1H3,(H,24,25,26)/t12-,14-/m1/s1. The van der Waals surface area contributed by atoms with Gasteiger partial charge in [0.2, 0.25) is 5.28 Å². The number of hydrogen-bond acceptors (Lipinski definition) is 6. The maximum atomic E-state index is 13.9. The van der Waals surface area contributed by atoms with E-state index in [1.165, 1.54) is 11.1 Å². The molecule has 0 radical (unpaired) electrons. The summed E-state index contributed by atoms with van der Waals surface area (Å²) in [6.07, 6.45) is 8.87. The van der Waals surface area contributed by atoms with Gasteiger partial charge in [0.05, 0.1) is 16.4 Å². The molecule has 8 heteroatoms. The second-order valence-corrected chi connectivity index (χ2v) is 8.03. The van der Waals surface area contributed by atoms with Crippen LogP contribution in [0.3, 0.4) is 0 Å². The number of aromatic nitrogens is 3. The monoisotopic (exact) mass is 403 g/mol. The SMILES string of the molecule is Cc1c([C@@H]2CC=CC[C@H]2N)sc2c(NCc3ccncc3F)nc(Cl)nc12. The quantitative estimate of drug-likeness (QED) is 0.493. The van der Waals surface area contributed by atoms with Crippen molar-refractivity contribution < 1.29 is 4.39 Å². The number of nitrogens with one attached hydrogen (secondary N) is 1. The zero-order chi connectivity index (χ0) is 19.0. The number of pyridine rings is 1. The van der Waals surface area contributed by atoms with E-state index in [0.29, 0.717) is 11.4 Å². The Balaban J connectivity index is 1.72. The van der Waals surface area contributed by atoms with Crippen molar-refractivity contribution in [2.24, 2.45) is 5.73 Å². The highest BCUT2D eigenvalue weighted by Crippen LogP contribution is 2.42. The molecule has 3 N–H and O–H groups in total. The van der Waals surface area contributed by atoms with Crippen molar-refractivity contribution in [2.45, 2.75) is 38.3 Å². The van der Waals surface area contributed by atoms with Crippen molar-refractivity contribution >= 4 is 39.0 Å². The van der Waals surface area contributed by atoms with Gasteiger partial charge >= 0.3 is 0 Å². The number of nitrogens with two attached hydrogens (primary N) is 1.